The third-order valence-corrected chi connectivity index (χ3v) is 5.00. The Morgan fingerprint density at radius 2 is 1.63 bits per heavy atom. The molecule has 14 nitrogen and oxygen atoms in total. The van der Waals surface area contributed by atoms with Crippen LogP contribution in [0.2, 0.25) is 0 Å². The molecule has 1 aromatic heterocycles. The second kappa shape index (κ2) is 14.0. The molecule has 1 heterocycles. The van der Waals surface area contributed by atoms with Gasteiger partial charge < -0.3 is 42.0 Å². The van der Waals surface area contributed by atoms with Crippen LogP contribution < -0.4 is 21.7 Å². The van der Waals surface area contributed by atoms with Gasteiger partial charge in [0.1, 0.15) is 18.1 Å². The molecule has 0 aliphatic rings. The van der Waals surface area contributed by atoms with E-state index in [9.17, 15) is 34.2 Å². The summed E-state index contributed by atoms with van der Waals surface area (Å²) in [6, 6.07) is -5.21. The number of aliphatic hydroxyl groups is 1. The number of nitrogens with one attached hydrogen (secondary N) is 4. The van der Waals surface area contributed by atoms with Crippen molar-refractivity contribution in [3.8, 4) is 0 Å². The summed E-state index contributed by atoms with van der Waals surface area (Å²) in [6.45, 7) is 4.83. The van der Waals surface area contributed by atoms with Gasteiger partial charge in [0.05, 0.1) is 18.5 Å². The molecule has 3 amide bonds. The van der Waals surface area contributed by atoms with Gasteiger partial charge in [-0.2, -0.15) is 0 Å². The predicted molar refractivity (Wildman–Crippen MR) is 122 cm³/mol. The van der Waals surface area contributed by atoms with Crippen molar-refractivity contribution < 1.29 is 39.3 Å². The first-order chi connectivity index (χ1) is 16.3. The average Bonchev–Trinajstić information content (AvgIpc) is 3.26. The summed E-state index contributed by atoms with van der Waals surface area (Å²) < 4.78 is 0. The molecular formula is C21H34N6O8. The summed E-state index contributed by atoms with van der Waals surface area (Å²) >= 11 is 0. The van der Waals surface area contributed by atoms with E-state index >= 15 is 0 Å². The van der Waals surface area contributed by atoms with E-state index in [0.717, 1.165) is 0 Å². The first-order valence-corrected chi connectivity index (χ1v) is 11.1. The number of aromatic nitrogens is 2. The molecule has 0 saturated heterocycles. The van der Waals surface area contributed by atoms with Gasteiger partial charge in [-0.1, -0.05) is 13.8 Å². The molecule has 14 heteroatoms. The molecular weight excluding hydrogens is 464 g/mol. The fourth-order valence-corrected chi connectivity index (χ4v) is 3.13. The highest BCUT2D eigenvalue weighted by atomic mass is 16.4. The molecule has 0 aromatic carbocycles. The molecule has 196 valence electrons. The van der Waals surface area contributed by atoms with Gasteiger partial charge >= 0.3 is 11.9 Å². The summed E-state index contributed by atoms with van der Waals surface area (Å²) in [7, 11) is 0. The zero-order valence-corrected chi connectivity index (χ0v) is 19.9. The van der Waals surface area contributed by atoms with E-state index < -0.39 is 59.9 Å². The maximum absolute atomic E-state index is 12.9. The largest absolute Gasteiger partial charge is 0.481 e. The van der Waals surface area contributed by atoms with Gasteiger partial charge in [0.15, 0.2) is 0 Å². The zero-order chi connectivity index (χ0) is 26.7. The number of aromatic amines is 1. The van der Waals surface area contributed by atoms with Gasteiger partial charge in [-0.3, -0.25) is 19.2 Å². The molecule has 0 radical (unpaired) electrons. The number of aliphatic carboxylic acids is 2. The smallest absolute Gasteiger partial charge is 0.326 e. The second-order valence-electron chi connectivity index (χ2n) is 8.64. The highest BCUT2D eigenvalue weighted by Crippen LogP contribution is 2.07. The quantitative estimate of drug-likeness (QED) is 0.134. The Bertz CT molecular complexity index is 873. The van der Waals surface area contributed by atoms with Crippen LogP contribution in [0.3, 0.4) is 0 Å². The van der Waals surface area contributed by atoms with Crippen molar-refractivity contribution in [2.75, 3.05) is 0 Å². The summed E-state index contributed by atoms with van der Waals surface area (Å²) in [5, 5.41) is 35.3. The minimum absolute atomic E-state index is 0.0304. The fraction of sp³-hybridized carbons (Fsp3) is 0.619. The number of nitrogens with two attached hydrogens (primary N) is 1. The van der Waals surface area contributed by atoms with Crippen molar-refractivity contribution >= 4 is 29.7 Å². The Balaban J connectivity index is 3.00. The van der Waals surface area contributed by atoms with E-state index in [1.54, 1.807) is 13.8 Å². The number of carboxylic acid groups (broad SMARTS) is 2. The van der Waals surface area contributed by atoms with E-state index in [1.807, 2.05) is 0 Å². The van der Waals surface area contributed by atoms with Crippen molar-refractivity contribution in [2.45, 2.75) is 76.7 Å². The van der Waals surface area contributed by atoms with Gasteiger partial charge in [0.25, 0.3) is 0 Å². The molecule has 9 N–H and O–H groups in total. The first kappa shape index (κ1) is 29.5. The van der Waals surface area contributed by atoms with Crippen LogP contribution in [-0.2, 0) is 30.4 Å². The standard InChI is InChI=1S/C21H34N6O8/c1-10(2)6-15(21(34)35)26-19(32)14(7-12-8-23-9-24-12)25-20(33)17(11(3)28)27-18(31)13(22)4-5-16(29)30/h8-11,13-15,17,28H,4-7,22H2,1-3H3,(H,23,24)(H,25,33)(H,26,32)(H,27,31)(H,29,30)(H,34,35). The van der Waals surface area contributed by atoms with Gasteiger partial charge in [0.2, 0.25) is 17.7 Å². The van der Waals surface area contributed by atoms with Crippen LogP contribution in [-0.4, -0.2) is 85.2 Å². The lowest BCUT2D eigenvalue weighted by molar-refractivity contribution is -0.143. The number of hydrogen-bond donors (Lipinski definition) is 8. The van der Waals surface area contributed by atoms with Gasteiger partial charge in [-0.15, -0.1) is 0 Å². The number of carbonyl (C=O) groups is 5. The molecule has 5 atom stereocenters. The lowest BCUT2D eigenvalue weighted by atomic mass is 10.0. The number of carbonyl (C=O) groups excluding carboxylic acids is 3. The third-order valence-electron chi connectivity index (χ3n) is 5.00. The summed E-state index contributed by atoms with van der Waals surface area (Å²) in [4.78, 5) is 67.0. The monoisotopic (exact) mass is 498 g/mol. The molecule has 0 saturated carbocycles. The number of aliphatic hydroxyl groups excluding tert-OH is 1. The Labute approximate surface area is 202 Å². The number of H-pyrrole nitrogens is 1. The normalized spacial score (nSPS) is 15.4. The number of carboxylic acids is 2. The van der Waals surface area contributed by atoms with Crippen LogP contribution >= 0.6 is 0 Å². The van der Waals surface area contributed by atoms with Crippen LogP contribution in [0.5, 0.6) is 0 Å². The third kappa shape index (κ3) is 10.5. The van der Waals surface area contributed by atoms with Crippen LogP contribution in [0.25, 0.3) is 0 Å². The molecule has 1 aromatic rings. The molecule has 0 aliphatic carbocycles. The van der Waals surface area contributed by atoms with E-state index in [4.69, 9.17) is 10.8 Å². The maximum atomic E-state index is 12.9. The summed E-state index contributed by atoms with van der Waals surface area (Å²) in [5.74, 6) is -4.98. The number of rotatable bonds is 15. The second-order valence-corrected chi connectivity index (χ2v) is 8.64. The van der Waals surface area contributed by atoms with Gasteiger partial charge in [0, 0.05) is 24.7 Å². The Kier molecular flexibility index (Phi) is 11.8. The van der Waals surface area contributed by atoms with E-state index in [1.165, 1.54) is 19.4 Å². The van der Waals surface area contributed by atoms with Crippen molar-refractivity contribution in [2.24, 2.45) is 11.7 Å². The topological polar surface area (TPSA) is 237 Å². The first-order valence-electron chi connectivity index (χ1n) is 11.1. The minimum Gasteiger partial charge on any atom is -0.481 e. The average molecular weight is 499 g/mol. The van der Waals surface area contributed by atoms with Crippen molar-refractivity contribution in [3.05, 3.63) is 18.2 Å². The number of nitrogens with zero attached hydrogens (tertiary/aromatic N) is 1. The molecule has 0 bridgehead atoms. The molecule has 0 fully saturated rings. The van der Waals surface area contributed by atoms with Crippen LogP contribution in [0.15, 0.2) is 12.5 Å². The molecule has 35 heavy (non-hydrogen) atoms. The van der Waals surface area contributed by atoms with Crippen LogP contribution in [0.4, 0.5) is 0 Å². The fourth-order valence-electron chi connectivity index (χ4n) is 3.13. The molecule has 0 spiro atoms. The summed E-state index contributed by atoms with van der Waals surface area (Å²) in [5.41, 5.74) is 6.12. The van der Waals surface area contributed by atoms with Crippen LogP contribution in [0, 0.1) is 5.92 Å². The SMILES string of the molecule is CC(C)CC(NC(=O)C(Cc1cnc[nH]1)NC(=O)C(NC(=O)C(N)CCC(=O)O)C(C)O)C(=O)O. The highest BCUT2D eigenvalue weighted by Gasteiger charge is 2.33. The van der Waals surface area contributed by atoms with Gasteiger partial charge in [-0.05, 0) is 25.7 Å². The Morgan fingerprint density at radius 3 is 2.11 bits per heavy atom. The molecule has 1 rings (SSSR count). The zero-order valence-electron chi connectivity index (χ0n) is 19.9. The summed E-state index contributed by atoms with van der Waals surface area (Å²) in [6.07, 6.45) is 0.915. The lowest BCUT2D eigenvalue weighted by Crippen LogP contribution is -2.60. The predicted octanol–water partition coefficient (Wildman–Crippen LogP) is -1.89. The van der Waals surface area contributed by atoms with Crippen LogP contribution in [0.1, 0.15) is 45.7 Å². The van der Waals surface area contributed by atoms with Gasteiger partial charge in [-0.25, -0.2) is 9.78 Å². The number of amides is 3. The van der Waals surface area contributed by atoms with Crippen molar-refractivity contribution in [1.29, 1.82) is 0 Å². The Hall–Kier alpha value is -3.52. The maximum Gasteiger partial charge on any atom is 0.326 e. The minimum atomic E-state index is -1.51. The van der Waals surface area contributed by atoms with Crippen molar-refractivity contribution in [3.63, 3.8) is 0 Å². The highest BCUT2D eigenvalue weighted by molar-refractivity contribution is 5.94. The van der Waals surface area contributed by atoms with Crippen molar-refractivity contribution in [1.82, 2.24) is 25.9 Å². The van der Waals surface area contributed by atoms with E-state index in [0.29, 0.717) is 5.69 Å². The lowest BCUT2D eigenvalue weighted by Gasteiger charge is -2.26. The number of hydrogen-bond acceptors (Lipinski definition) is 8. The van der Waals surface area contributed by atoms with E-state index in [-0.39, 0.29) is 31.6 Å². The number of imidazole rings is 1. The van der Waals surface area contributed by atoms with E-state index in [2.05, 4.69) is 25.9 Å². The molecule has 0 aliphatic heterocycles. The molecule has 5 unspecified atom stereocenters. The Morgan fingerprint density at radius 1 is 1.00 bits per heavy atom.